The topological polar surface area (TPSA) is 57.2 Å². The van der Waals surface area contributed by atoms with Crippen molar-refractivity contribution in [3.05, 3.63) is 24.3 Å². The third-order valence-electron chi connectivity index (χ3n) is 11.7. The molecule has 0 aromatic rings. The van der Waals surface area contributed by atoms with Crippen molar-refractivity contribution in [2.45, 2.75) is 225 Å². The van der Waals surface area contributed by atoms with Crippen molar-refractivity contribution >= 4 is 5.97 Å². The van der Waals surface area contributed by atoms with Gasteiger partial charge in [-0.3, -0.25) is 4.79 Å². The molecular weight excluding hydrogens is 671 g/mol. The number of carbonyl (C=O) groups excluding carboxylic acids is 1. The van der Waals surface area contributed by atoms with Crippen LogP contribution in [-0.2, 0) is 23.7 Å². The molecule has 0 N–H and O–H groups in total. The van der Waals surface area contributed by atoms with Gasteiger partial charge in [-0.2, -0.15) is 0 Å². The SMILES string of the molecule is CCCCCCCC/C=C\CCCCCCCCO[C@@H]1[C@@H](OCCCCCCCC/C=C\CCCCCCCC)CO[C@@H]1COC(=O)C1(C)CCN(C)C1. The molecule has 0 bridgehead atoms. The fraction of sp³-hybridized carbons (Fsp3) is 0.896. The maximum atomic E-state index is 13.0. The van der Waals surface area contributed by atoms with Crippen LogP contribution in [0.5, 0.6) is 0 Å². The second-order valence-electron chi connectivity index (χ2n) is 17.1. The fourth-order valence-electron chi connectivity index (χ4n) is 7.99. The molecule has 4 atom stereocenters. The smallest absolute Gasteiger partial charge is 0.313 e. The maximum Gasteiger partial charge on any atom is 0.313 e. The lowest BCUT2D eigenvalue weighted by Gasteiger charge is -2.26. The van der Waals surface area contributed by atoms with Crippen LogP contribution in [0.25, 0.3) is 0 Å². The summed E-state index contributed by atoms with van der Waals surface area (Å²) >= 11 is 0. The van der Waals surface area contributed by atoms with E-state index in [9.17, 15) is 4.79 Å². The van der Waals surface area contributed by atoms with Crippen molar-refractivity contribution in [1.29, 1.82) is 0 Å². The Morgan fingerprint density at radius 2 is 1.06 bits per heavy atom. The molecule has 1 unspecified atom stereocenters. The van der Waals surface area contributed by atoms with Crippen LogP contribution < -0.4 is 0 Å². The predicted octanol–water partition coefficient (Wildman–Crippen LogP) is 13.1. The summed E-state index contributed by atoms with van der Waals surface area (Å²) in [4.78, 5) is 15.2. The molecule has 0 saturated carbocycles. The highest BCUT2D eigenvalue weighted by molar-refractivity contribution is 5.77. The van der Waals surface area contributed by atoms with Crippen molar-refractivity contribution in [2.75, 3.05) is 46.6 Å². The van der Waals surface area contributed by atoms with E-state index in [0.717, 1.165) is 39.0 Å². The first-order chi connectivity index (χ1) is 26.5. The lowest BCUT2D eigenvalue weighted by Crippen LogP contribution is -2.40. The number of unbranched alkanes of at least 4 members (excludes halogenated alkanes) is 24. The lowest BCUT2D eigenvalue weighted by molar-refractivity contribution is -0.160. The van der Waals surface area contributed by atoms with Gasteiger partial charge in [-0.1, -0.05) is 154 Å². The predicted molar refractivity (Wildman–Crippen MR) is 229 cm³/mol. The zero-order chi connectivity index (χ0) is 38.8. The first kappa shape index (κ1) is 48.9. The van der Waals surface area contributed by atoms with Gasteiger partial charge >= 0.3 is 5.97 Å². The quantitative estimate of drug-likeness (QED) is 0.0357. The van der Waals surface area contributed by atoms with Crippen molar-refractivity contribution < 1.29 is 23.7 Å². The van der Waals surface area contributed by atoms with Gasteiger partial charge in [0.2, 0.25) is 0 Å². The summed E-state index contributed by atoms with van der Waals surface area (Å²) < 4.78 is 24.9. The molecule has 0 spiro atoms. The Labute approximate surface area is 335 Å². The molecule has 2 saturated heterocycles. The second kappa shape index (κ2) is 33.9. The van der Waals surface area contributed by atoms with Gasteiger partial charge in [0, 0.05) is 19.8 Å². The first-order valence-electron chi connectivity index (χ1n) is 23.5. The van der Waals surface area contributed by atoms with Gasteiger partial charge in [0.1, 0.15) is 24.9 Å². The minimum Gasteiger partial charge on any atom is -0.462 e. The Morgan fingerprint density at radius 3 is 1.50 bits per heavy atom. The Hall–Kier alpha value is -1.21. The summed E-state index contributed by atoms with van der Waals surface area (Å²) in [6.07, 6.45) is 46.3. The number of hydrogen-bond acceptors (Lipinski definition) is 6. The summed E-state index contributed by atoms with van der Waals surface area (Å²) in [7, 11) is 2.07. The Balaban J connectivity index is 1.58. The van der Waals surface area contributed by atoms with Crippen molar-refractivity contribution in [3.8, 4) is 0 Å². The molecular formula is C48H89NO5. The van der Waals surface area contributed by atoms with Crippen LogP contribution in [-0.4, -0.2) is 75.7 Å². The molecule has 2 rings (SSSR count). The van der Waals surface area contributed by atoms with Crippen LogP contribution in [0.15, 0.2) is 24.3 Å². The van der Waals surface area contributed by atoms with E-state index in [1.807, 2.05) is 6.92 Å². The monoisotopic (exact) mass is 760 g/mol. The van der Waals surface area contributed by atoms with Crippen LogP contribution in [0.4, 0.5) is 0 Å². The minimum atomic E-state index is -0.437. The van der Waals surface area contributed by atoms with E-state index in [4.69, 9.17) is 18.9 Å². The highest BCUT2D eigenvalue weighted by atomic mass is 16.6. The minimum absolute atomic E-state index is 0.0980. The summed E-state index contributed by atoms with van der Waals surface area (Å²) in [6.45, 7) is 10.5. The van der Waals surface area contributed by atoms with Crippen LogP contribution in [0, 0.1) is 5.41 Å². The van der Waals surface area contributed by atoms with E-state index in [2.05, 4.69) is 50.1 Å². The van der Waals surface area contributed by atoms with E-state index in [1.165, 1.54) is 167 Å². The number of ether oxygens (including phenoxy) is 4. The Morgan fingerprint density at radius 1 is 0.630 bits per heavy atom. The standard InChI is InChI=1S/C48H89NO5/c1-5-7-9-11-13-15-17-19-21-23-25-27-29-31-33-35-39-51-44-41-53-45(42-54-47(50)48(3)37-38-49(4)43-48)46(44)52-40-36-34-32-30-28-26-24-22-20-18-16-14-12-10-8-6-2/h19-22,44-46H,5-18,23-43H2,1-4H3/b21-19-,22-20-/t44-,45+,46+,48?/m0/s1. The zero-order valence-electron chi connectivity index (χ0n) is 36.3. The molecule has 2 fully saturated rings. The largest absolute Gasteiger partial charge is 0.462 e. The van der Waals surface area contributed by atoms with Crippen molar-refractivity contribution in [3.63, 3.8) is 0 Å². The number of likely N-dealkylation sites (tertiary alicyclic amines) is 1. The molecule has 0 aliphatic carbocycles. The summed E-state index contributed by atoms with van der Waals surface area (Å²) in [6, 6.07) is 0. The lowest BCUT2D eigenvalue weighted by atomic mass is 9.90. The molecule has 54 heavy (non-hydrogen) atoms. The molecule has 2 heterocycles. The van der Waals surface area contributed by atoms with Gasteiger partial charge in [-0.15, -0.1) is 0 Å². The highest BCUT2D eigenvalue weighted by Gasteiger charge is 2.43. The molecule has 2 aliphatic heterocycles. The number of rotatable bonds is 37. The molecule has 0 aromatic heterocycles. The number of allylic oxidation sites excluding steroid dienone is 4. The second-order valence-corrected chi connectivity index (χ2v) is 17.1. The van der Waals surface area contributed by atoms with E-state index >= 15 is 0 Å². The Bertz CT molecular complexity index is 923. The maximum absolute atomic E-state index is 13.0. The Kier molecular flexibility index (Phi) is 30.7. The van der Waals surface area contributed by atoms with Crippen LogP contribution >= 0.6 is 0 Å². The fourth-order valence-corrected chi connectivity index (χ4v) is 7.99. The molecule has 0 radical (unpaired) electrons. The molecule has 6 nitrogen and oxygen atoms in total. The average Bonchev–Trinajstić information content (AvgIpc) is 3.74. The molecule has 6 heteroatoms. The van der Waals surface area contributed by atoms with Crippen LogP contribution in [0.2, 0.25) is 0 Å². The number of carbonyl (C=O) groups is 1. The number of hydrogen-bond donors (Lipinski definition) is 0. The van der Waals surface area contributed by atoms with Gasteiger partial charge in [0.25, 0.3) is 0 Å². The molecule has 316 valence electrons. The van der Waals surface area contributed by atoms with Crippen molar-refractivity contribution in [1.82, 2.24) is 4.90 Å². The highest BCUT2D eigenvalue weighted by Crippen LogP contribution is 2.31. The summed E-state index contributed by atoms with van der Waals surface area (Å²) in [5.41, 5.74) is -0.437. The van der Waals surface area contributed by atoms with Gasteiger partial charge < -0.3 is 23.8 Å². The summed E-state index contributed by atoms with van der Waals surface area (Å²) in [5.74, 6) is -0.115. The third-order valence-corrected chi connectivity index (χ3v) is 11.7. The third kappa shape index (κ3) is 24.4. The first-order valence-corrected chi connectivity index (χ1v) is 23.5. The molecule has 0 aromatic carbocycles. The zero-order valence-corrected chi connectivity index (χ0v) is 36.3. The van der Waals surface area contributed by atoms with E-state index in [0.29, 0.717) is 13.2 Å². The van der Waals surface area contributed by atoms with Crippen molar-refractivity contribution in [2.24, 2.45) is 5.41 Å². The van der Waals surface area contributed by atoms with Gasteiger partial charge in [0.15, 0.2) is 0 Å². The van der Waals surface area contributed by atoms with Crippen LogP contribution in [0.3, 0.4) is 0 Å². The van der Waals surface area contributed by atoms with E-state index in [-0.39, 0.29) is 30.9 Å². The van der Waals surface area contributed by atoms with E-state index < -0.39 is 5.41 Å². The van der Waals surface area contributed by atoms with Gasteiger partial charge in [-0.05, 0) is 91.1 Å². The average molecular weight is 760 g/mol. The molecule has 2 aliphatic rings. The molecule has 0 amide bonds. The summed E-state index contributed by atoms with van der Waals surface area (Å²) in [5, 5.41) is 0. The van der Waals surface area contributed by atoms with Crippen LogP contribution in [0.1, 0.15) is 207 Å². The van der Waals surface area contributed by atoms with Gasteiger partial charge in [-0.25, -0.2) is 0 Å². The van der Waals surface area contributed by atoms with Gasteiger partial charge in [0.05, 0.1) is 12.0 Å². The normalized spacial score (nSPS) is 22.0. The number of esters is 1. The number of nitrogens with zero attached hydrogens (tertiary/aromatic N) is 1. The van der Waals surface area contributed by atoms with E-state index in [1.54, 1.807) is 0 Å².